The summed E-state index contributed by atoms with van der Waals surface area (Å²) < 4.78 is 5.47. The second-order valence-electron chi connectivity index (χ2n) is 11.8. The Morgan fingerprint density at radius 2 is 1.72 bits per heavy atom. The van der Waals surface area contributed by atoms with E-state index in [-0.39, 0.29) is 30.7 Å². The zero-order chi connectivity index (χ0) is 31.1. The topological polar surface area (TPSA) is 150 Å². The summed E-state index contributed by atoms with van der Waals surface area (Å²) in [6.45, 7) is 7.31. The van der Waals surface area contributed by atoms with Gasteiger partial charge in [-0.1, -0.05) is 44.2 Å². The molecule has 1 aromatic carbocycles. The van der Waals surface area contributed by atoms with Crippen molar-refractivity contribution in [3.8, 4) is 0 Å². The number of benzene rings is 1. The molecule has 11 nitrogen and oxygen atoms in total. The van der Waals surface area contributed by atoms with Gasteiger partial charge in [0.25, 0.3) is 11.8 Å². The van der Waals surface area contributed by atoms with Crippen LogP contribution >= 0.6 is 0 Å². The molecule has 11 heteroatoms. The number of nitrogens with one attached hydrogen (secondary N) is 3. The number of ether oxygens (including phenoxy) is 1. The first kappa shape index (κ1) is 32.1. The summed E-state index contributed by atoms with van der Waals surface area (Å²) in [6, 6.07) is 7.91. The van der Waals surface area contributed by atoms with Crippen molar-refractivity contribution in [2.75, 3.05) is 6.54 Å². The number of hydrogen-bond acceptors (Lipinski definition) is 8. The van der Waals surface area contributed by atoms with E-state index in [0.29, 0.717) is 37.9 Å². The van der Waals surface area contributed by atoms with Gasteiger partial charge < -0.3 is 20.5 Å². The Morgan fingerprint density at radius 3 is 2.49 bits per heavy atom. The van der Waals surface area contributed by atoms with Crippen molar-refractivity contribution in [3.05, 3.63) is 47.7 Å². The van der Waals surface area contributed by atoms with Crippen LogP contribution in [0.25, 0.3) is 17.0 Å². The largest absolute Gasteiger partial charge is 0.452 e. The van der Waals surface area contributed by atoms with Crippen molar-refractivity contribution in [1.82, 2.24) is 26.1 Å². The summed E-state index contributed by atoms with van der Waals surface area (Å²) in [5.74, 6) is -2.15. The molecule has 0 spiro atoms. The van der Waals surface area contributed by atoms with E-state index in [1.807, 2.05) is 49.4 Å². The first-order valence-corrected chi connectivity index (χ1v) is 15.1. The predicted molar refractivity (Wildman–Crippen MR) is 162 cm³/mol. The number of amides is 3. The van der Waals surface area contributed by atoms with Gasteiger partial charge in [-0.2, -0.15) is 0 Å². The fraction of sp³-hybridized carbons (Fsp3) is 0.531. The molecule has 0 aliphatic carbocycles. The van der Waals surface area contributed by atoms with Crippen molar-refractivity contribution in [3.63, 3.8) is 0 Å². The number of aliphatic hydroxyl groups excluding tert-OH is 1. The Balaban J connectivity index is 1.55. The number of hydrogen-bond donors (Lipinski definition) is 4. The smallest absolute Gasteiger partial charge is 0.306 e. The molecule has 3 amide bonds. The predicted octanol–water partition coefficient (Wildman–Crippen LogP) is 2.93. The summed E-state index contributed by atoms with van der Waals surface area (Å²) in [7, 11) is 0. The number of aromatic nitrogens is 1. The van der Waals surface area contributed by atoms with Gasteiger partial charge in [0.05, 0.1) is 23.4 Å². The van der Waals surface area contributed by atoms with Crippen molar-refractivity contribution < 1.29 is 29.0 Å². The highest BCUT2D eigenvalue weighted by molar-refractivity contribution is 5.90. The van der Waals surface area contributed by atoms with Crippen LogP contribution in [-0.2, 0) is 23.9 Å². The van der Waals surface area contributed by atoms with Gasteiger partial charge in [0.1, 0.15) is 12.1 Å². The maximum atomic E-state index is 13.2. The number of fused-ring (bicyclic) bond motifs is 4. The maximum Gasteiger partial charge on any atom is 0.306 e. The van der Waals surface area contributed by atoms with E-state index < -0.39 is 42.1 Å². The average molecular weight is 594 g/mol. The summed E-state index contributed by atoms with van der Waals surface area (Å²) in [4.78, 5) is 56.8. The van der Waals surface area contributed by atoms with Crippen LogP contribution in [0.1, 0.15) is 83.5 Å². The molecule has 4 rings (SSSR count). The lowest BCUT2D eigenvalue weighted by Gasteiger charge is -2.35. The molecule has 5 unspecified atom stereocenters. The number of carbonyl (C=O) groups excluding carboxylic acids is 4. The second-order valence-corrected chi connectivity index (χ2v) is 11.8. The molecule has 3 heterocycles. The van der Waals surface area contributed by atoms with E-state index in [1.54, 1.807) is 20.8 Å². The lowest BCUT2D eigenvalue weighted by atomic mass is 10.1. The number of rotatable bonds is 1. The zero-order valence-corrected chi connectivity index (χ0v) is 25.3. The average Bonchev–Trinajstić information content (AvgIpc) is 2.99. The Bertz CT molecular complexity index is 1360. The maximum absolute atomic E-state index is 13.2. The molecule has 2 aromatic rings. The molecule has 0 saturated carbocycles. The minimum atomic E-state index is -1.09. The molecule has 4 N–H and O–H groups in total. The minimum Gasteiger partial charge on any atom is -0.452 e. The normalized spacial score (nSPS) is 27.8. The van der Waals surface area contributed by atoms with E-state index >= 15 is 0 Å². The third-order valence-electron chi connectivity index (χ3n) is 7.82. The van der Waals surface area contributed by atoms with Gasteiger partial charge in [-0.05, 0) is 69.6 Å². The lowest BCUT2D eigenvalue weighted by molar-refractivity contribution is -0.160. The Hall–Kier alpha value is -3.83. The zero-order valence-electron chi connectivity index (χ0n) is 25.3. The fourth-order valence-corrected chi connectivity index (χ4v) is 5.24. The monoisotopic (exact) mass is 593 g/mol. The van der Waals surface area contributed by atoms with Gasteiger partial charge in [0.2, 0.25) is 5.91 Å². The van der Waals surface area contributed by atoms with Crippen molar-refractivity contribution in [1.29, 1.82) is 0 Å². The molecule has 5 bridgehead atoms. The number of aliphatic hydroxyl groups is 1. The van der Waals surface area contributed by atoms with Gasteiger partial charge in [0.15, 0.2) is 6.10 Å². The van der Waals surface area contributed by atoms with Crippen LogP contribution < -0.4 is 16.1 Å². The molecule has 1 saturated heterocycles. The van der Waals surface area contributed by atoms with Gasteiger partial charge in [0, 0.05) is 18.4 Å². The lowest BCUT2D eigenvalue weighted by Crippen LogP contribution is -2.61. The van der Waals surface area contributed by atoms with Crippen LogP contribution in [0.5, 0.6) is 0 Å². The van der Waals surface area contributed by atoms with E-state index in [1.165, 1.54) is 5.01 Å². The second kappa shape index (κ2) is 14.6. The number of esters is 1. The van der Waals surface area contributed by atoms with E-state index in [2.05, 4.69) is 16.1 Å². The highest BCUT2D eigenvalue weighted by Gasteiger charge is 2.33. The molecule has 5 atom stereocenters. The van der Waals surface area contributed by atoms with Crippen LogP contribution in [-0.4, -0.2) is 69.6 Å². The van der Waals surface area contributed by atoms with Crippen molar-refractivity contribution in [2.24, 2.45) is 5.92 Å². The summed E-state index contributed by atoms with van der Waals surface area (Å²) in [5.41, 5.74) is 5.49. The Morgan fingerprint density at radius 1 is 0.977 bits per heavy atom. The minimum absolute atomic E-state index is 0.0336. The first-order valence-electron chi connectivity index (χ1n) is 15.1. The van der Waals surface area contributed by atoms with Crippen molar-refractivity contribution in [2.45, 2.75) is 96.6 Å². The van der Waals surface area contributed by atoms with Crippen LogP contribution in [0.3, 0.4) is 0 Å². The highest BCUT2D eigenvalue weighted by atomic mass is 16.5. The van der Waals surface area contributed by atoms with Gasteiger partial charge in [-0.25, -0.2) is 5.43 Å². The summed E-state index contributed by atoms with van der Waals surface area (Å²) in [6.07, 6.45) is 4.56. The van der Waals surface area contributed by atoms with Crippen LogP contribution in [0.2, 0.25) is 0 Å². The van der Waals surface area contributed by atoms with Gasteiger partial charge >= 0.3 is 5.97 Å². The van der Waals surface area contributed by atoms with Gasteiger partial charge in [-0.3, -0.25) is 29.2 Å². The summed E-state index contributed by atoms with van der Waals surface area (Å²) in [5, 5.41) is 18.4. The van der Waals surface area contributed by atoms with Crippen molar-refractivity contribution >= 4 is 40.7 Å². The van der Waals surface area contributed by atoms with Gasteiger partial charge in [-0.15, -0.1) is 0 Å². The summed E-state index contributed by atoms with van der Waals surface area (Å²) >= 11 is 0. The third-order valence-corrected chi connectivity index (χ3v) is 7.82. The molecule has 0 radical (unpaired) electrons. The molecule has 2 aliphatic heterocycles. The molecule has 43 heavy (non-hydrogen) atoms. The molecule has 1 fully saturated rings. The quantitative estimate of drug-likeness (QED) is 0.369. The standard InChI is InChI=1S/C32H43N5O6/c1-19(2)29-31(41)34-21(4)32(42)37-17-7-10-26(36-37)30(40)33-20(3)25-15-13-23-12-11-22(18-27(23)35-25)8-5-6-9-24(38)14-16-28(39)43-29/h5,8,11-13,15,18-21,24,26,29,36,38H,6-7,9-10,14,16-17H2,1-4H3,(H,33,40)(H,34,41)/b8-5+. The molecular formula is C32H43N5O6. The number of allylic oxidation sites excluding steroid dienone is 1. The number of nitrogens with zero attached hydrogens (tertiary/aromatic N) is 2. The van der Waals surface area contributed by atoms with Crippen LogP contribution in [0.15, 0.2) is 36.4 Å². The van der Waals surface area contributed by atoms with E-state index in [9.17, 15) is 24.3 Å². The Kier molecular flexibility index (Phi) is 10.9. The third kappa shape index (κ3) is 8.61. The highest BCUT2D eigenvalue weighted by Crippen LogP contribution is 2.20. The first-order chi connectivity index (χ1) is 20.5. The fourth-order valence-electron chi connectivity index (χ4n) is 5.24. The molecule has 2 aliphatic rings. The molecule has 232 valence electrons. The number of carbonyl (C=O) groups is 4. The van der Waals surface area contributed by atoms with E-state index in [4.69, 9.17) is 9.72 Å². The Labute approximate surface area is 252 Å². The number of pyridine rings is 1. The van der Waals surface area contributed by atoms with Crippen LogP contribution in [0, 0.1) is 5.92 Å². The number of hydrazine groups is 1. The number of cyclic esters (lactones) is 1. The SMILES string of the molecule is CC1NC(=O)C(C(C)C)OC(=O)CCC(O)CC/C=C/c2ccc3ccc(nc3c2)C(C)NC(=O)C2CCCN(N2)C1=O. The van der Waals surface area contributed by atoms with E-state index in [0.717, 1.165) is 16.5 Å². The molecule has 1 aromatic heterocycles. The van der Waals surface area contributed by atoms with Crippen LogP contribution in [0.4, 0.5) is 0 Å². The molecular weight excluding hydrogens is 550 g/mol.